The van der Waals surface area contributed by atoms with E-state index < -0.39 is 17.2 Å². The number of nitrogens with zero attached hydrogens (tertiary/aromatic N) is 2. The topological polar surface area (TPSA) is 78.0 Å². The highest BCUT2D eigenvalue weighted by atomic mass is 127. The summed E-state index contributed by atoms with van der Waals surface area (Å²) in [5.74, 6) is 1.55. The number of carbonyl (C=O) groups excluding carboxylic acids is 1. The lowest BCUT2D eigenvalue weighted by atomic mass is 9.94. The zero-order chi connectivity index (χ0) is 19.8. The van der Waals surface area contributed by atoms with Gasteiger partial charge in [-0.25, -0.2) is 4.79 Å². The van der Waals surface area contributed by atoms with Crippen molar-refractivity contribution >= 4 is 36.0 Å². The number of amides is 1. The first-order valence-corrected chi connectivity index (χ1v) is 9.65. The van der Waals surface area contributed by atoms with Gasteiger partial charge in [0.05, 0.1) is 5.54 Å². The van der Waals surface area contributed by atoms with E-state index in [0.29, 0.717) is 6.54 Å². The van der Waals surface area contributed by atoms with Crippen molar-refractivity contribution in [1.29, 1.82) is 0 Å². The molecule has 0 unspecified atom stereocenters. The zero-order valence-electron chi connectivity index (χ0n) is 18.1. The second-order valence-corrected chi connectivity index (χ2v) is 8.90. The third-order valence-electron chi connectivity index (χ3n) is 4.44. The van der Waals surface area contributed by atoms with Crippen LogP contribution in [0.15, 0.2) is 4.99 Å². The van der Waals surface area contributed by atoms with Gasteiger partial charge >= 0.3 is 6.09 Å². The van der Waals surface area contributed by atoms with Gasteiger partial charge in [-0.15, -0.1) is 24.0 Å². The number of halogens is 1. The number of hydrogen-bond donors (Lipinski definition) is 3. The molecule has 0 aliphatic carbocycles. The summed E-state index contributed by atoms with van der Waals surface area (Å²) in [7, 11) is 3.95. The lowest BCUT2D eigenvalue weighted by molar-refractivity contribution is 0.0474. The van der Waals surface area contributed by atoms with Crippen molar-refractivity contribution in [3.63, 3.8) is 0 Å². The average Bonchev–Trinajstić information content (AvgIpc) is 2.50. The molecule has 0 radical (unpaired) electrons. The molecule has 3 N–H and O–H groups in total. The van der Waals surface area contributed by atoms with Crippen LogP contribution in [-0.4, -0.2) is 68.4 Å². The fraction of sp³-hybridized carbons (Fsp3) is 0.895. The predicted molar refractivity (Wildman–Crippen MR) is 123 cm³/mol. The van der Waals surface area contributed by atoms with Crippen molar-refractivity contribution in [2.24, 2.45) is 10.9 Å². The Bertz CT molecular complexity index is 469. The smallest absolute Gasteiger partial charge is 0.408 e. The molecule has 1 amide bonds. The lowest BCUT2D eigenvalue weighted by Crippen LogP contribution is -2.54. The number of alkyl carbamates (subject to hydrolysis) is 1. The molecule has 1 fully saturated rings. The molecule has 0 aromatic carbocycles. The van der Waals surface area contributed by atoms with Gasteiger partial charge in [0.2, 0.25) is 0 Å². The standard InChI is InChI=1S/C19H39N5O2.HI/c1-18(2,3)26-17(25)23-19(4,5)14-22-16(20-6)21-11-8-15-9-12-24(7)13-10-15;/h15H,8-14H2,1-7H3,(H,23,25)(H2,20,21,22);1H. The van der Waals surface area contributed by atoms with E-state index in [1.54, 1.807) is 7.05 Å². The molecule has 0 aromatic rings. The van der Waals surface area contributed by atoms with Crippen LogP contribution in [0.4, 0.5) is 4.79 Å². The SMILES string of the molecule is CN=C(NCCC1CCN(C)CC1)NCC(C)(C)NC(=O)OC(C)(C)C.I. The fourth-order valence-electron chi connectivity index (χ4n) is 2.89. The summed E-state index contributed by atoms with van der Waals surface area (Å²) in [4.78, 5) is 18.6. The van der Waals surface area contributed by atoms with Crippen molar-refractivity contribution < 1.29 is 9.53 Å². The number of rotatable bonds is 6. The number of piperidine rings is 1. The van der Waals surface area contributed by atoms with Crippen LogP contribution in [-0.2, 0) is 4.74 Å². The maximum absolute atomic E-state index is 11.9. The van der Waals surface area contributed by atoms with E-state index in [4.69, 9.17) is 4.74 Å². The Morgan fingerprint density at radius 3 is 2.26 bits per heavy atom. The van der Waals surface area contributed by atoms with Crippen LogP contribution in [0.25, 0.3) is 0 Å². The van der Waals surface area contributed by atoms with E-state index in [9.17, 15) is 4.79 Å². The molecule has 1 aliphatic rings. The summed E-state index contributed by atoms with van der Waals surface area (Å²) in [5.41, 5.74) is -0.951. The Morgan fingerprint density at radius 1 is 1.15 bits per heavy atom. The highest BCUT2D eigenvalue weighted by molar-refractivity contribution is 14.0. The zero-order valence-corrected chi connectivity index (χ0v) is 20.5. The van der Waals surface area contributed by atoms with E-state index in [1.807, 2.05) is 34.6 Å². The molecule has 160 valence electrons. The lowest BCUT2D eigenvalue weighted by Gasteiger charge is -2.30. The van der Waals surface area contributed by atoms with Crippen LogP contribution in [0.3, 0.4) is 0 Å². The molecule has 1 saturated heterocycles. The van der Waals surface area contributed by atoms with Gasteiger partial charge in [0, 0.05) is 20.1 Å². The summed E-state index contributed by atoms with van der Waals surface area (Å²) in [5, 5.41) is 9.55. The molecule has 8 heteroatoms. The molecule has 0 saturated carbocycles. The number of guanidine groups is 1. The quantitative estimate of drug-likeness (QED) is 0.299. The van der Waals surface area contributed by atoms with E-state index in [0.717, 1.165) is 24.8 Å². The molecule has 1 heterocycles. The molecule has 0 aromatic heterocycles. The molecule has 0 atom stereocenters. The van der Waals surface area contributed by atoms with Crippen LogP contribution in [0, 0.1) is 5.92 Å². The summed E-state index contributed by atoms with van der Waals surface area (Å²) in [6.07, 6.45) is 3.30. The maximum Gasteiger partial charge on any atom is 0.408 e. The minimum atomic E-state index is -0.501. The average molecular weight is 497 g/mol. The van der Waals surface area contributed by atoms with Crippen molar-refractivity contribution in [3.05, 3.63) is 0 Å². The molecule has 0 spiro atoms. The second kappa shape index (κ2) is 11.9. The van der Waals surface area contributed by atoms with Crippen molar-refractivity contribution in [2.75, 3.05) is 40.3 Å². The predicted octanol–water partition coefficient (Wildman–Crippen LogP) is 2.80. The van der Waals surface area contributed by atoms with Crippen LogP contribution in [0.1, 0.15) is 53.9 Å². The van der Waals surface area contributed by atoms with Gasteiger partial charge < -0.3 is 25.6 Å². The number of aliphatic imine (C=N–C) groups is 1. The van der Waals surface area contributed by atoms with Crippen LogP contribution in [0.5, 0.6) is 0 Å². The van der Waals surface area contributed by atoms with Crippen molar-refractivity contribution in [3.8, 4) is 0 Å². The molecule has 1 aliphatic heterocycles. The number of ether oxygens (including phenoxy) is 1. The summed E-state index contributed by atoms with van der Waals surface area (Å²) in [6, 6.07) is 0. The first-order valence-electron chi connectivity index (χ1n) is 9.65. The van der Waals surface area contributed by atoms with Crippen LogP contribution >= 0.6 is 24.0 Å². The number of carbonyl (C=O) groups is 1. The fourth-order valence-corrected chi connectivity index (χ4v) is 2.89. The van der Waals surface area contributed by atoms with E-state index in [1.165, 1.54) is 25.9 Å². The monoisotopic (exact) mass is 497 g/mol. The van der Waals surface area contributed by atoms with Crippen molar-refractivity contribution in [2.45, 2.75) is 65.0 Å². The van der Waals surface area contributed by atoms with Crippen LogP contribution in [0.2, 0.25) is 0 Å². The molecule has 7 nitrogen and oxygen atoms in total. The van der Waals surface area contributed by atoms with Gasteiger partial charge in [0.15, 0.2) is 5.96 Å². The Morgan fingerprint density at radius 2 is 1.74 bits per heavy atom. The van der Waals surface area contributed by atoms with Gasteiger partial charge in [0.25, 0.3) is 0 Å². The molecular formula is C19H40IN5O2. The number of nitrogens with one attached hydrogen (secondary N) is 3. The molecule has 27 heavy (non-hydrogen) atoms. The van der Waals surface area contributed by atoms with Crippen molar-refractivity contribution in [1.82, 2.24) is 20.9 Å². The number of likely N-dealkylation sites (tertiary alicyclic amines) is 1. The number of hydrogen-bond acceptors (Lipinski definition) is 4. The molecule has 0 bridgehead atoms. The molecular weight excluding hydrogens is 457 g/mol. The first-order chi connectivity index (χ1) is 12.0. The Hall–Kier alpha value is -0.770. The van der Waals surface area contributed by atoms with E-state index >= 15 is 0 Å². The first kappa shape index (κ1) is 26.2. The Balaban J connectivity index is 0.00000676. The minimum Gasteiger partial charge on any atom is -0.444 e. The second-order valence-electron chi connectivity index (χ2n) is 8.90. The van der Waals surface area contributed by atoms with Gasteiger partial charge in [-0.05, 0) is 79.9 Å². The highest BCUT2D eigenvalue weighted by Crippen LogP contribution is 2.18. The third-order valence-corrected chi connectivity index (χ3v) is 4.44. The highest BCUT2D eigenvalue weighted by Gasteiger charge is 2.24. The van der Waals surface area contributed by atoms with Crippen LogP contribution < -0.4 is 16.0 Å². The van der Waals surface area contributed by atoms with E-state index in [2.05, 4.69) is 32.9 Å². The molecule has 1 rings (SSSR count). The van der Waals surface area contributed by atoms with Gasteiger partial charge in [0.1, 0.15) is 5.60 Å². The third kappa shape index (κ3) is 12.3. The minimum absolute atomic E-state index is 0. The van der Waals surface area contributed by atoms with Gasteiger partial charge in [-0.3, -0.25) is 4.99 Å². The summed E-state index contributed by atoms with van der Waals surface area (Å²) >= 11 is 0. The largest absolute Gasteiger partial charge is 0.444 e. The normalized spacial score (nSPS) is 17.1. The Kier molecular flexibility index (Phi) is 11.6. The summed E-state index contributed by atoms with van der Waals surface area (Å²) < 4.78 is 5.32. The van der Waals surface area contributed by atoms with Gasteiger partial charge in [-0.2, -0.15) is 0 Å². The summed E-state index contributed by atoms with van der Waals surface area (Å²) in [6.45, 7) is 13.3. The maximum atomic E-state index is 11.9. The van der Waals surface area contributed by atoms with E-state index in [-0.39, 0.29) is 24.0 Å². The van der Waals surface area contributed by atoms with Gasteiger partial charge in [-0.1, -0.05) is 0 Å². The Labute approximate surface area is 182 Å².